The zero-order valence-electron chi connectivity index (χ0n) is 10.7. The highest BCUT2D eigenvalue weighted by atomic mass is 32.1. The fourth-order valence-corrected chi connectivity index (χ4v) is 2.81. The Bertz CT molecular complexity index is 516. The molecule has 18 heavy (non-hydrogen) atoms. The highest BCUT2D eigenvalue weighted by Gasteiger charge is 2.20. The average Bonchev–Trinajstić information content (AvgIpc) is 2.78. The van der Waals surface area contributed by atoms with Crippen LogP contribution in [0.1, 0.15) is 25.3 Å². The summed E-state index contributed by atoms with van der Waals surface area (Å²) in [5.41, 5.74) is 6.90. The summed E-state index contributed by atoms with van der Waals surface area (Å²) >= 11 is 1.57. The number of hydrogen-bond donors (Lipinski definition) is 1. The maximum atomic E-state index is 12.0. The largest absolute Gasteiger partial charge is 0.321 e. The van der Waals surface area contributed by atoms with E-state index in [-0.39, 0.29) is 17.7 Å². The highest BCUT2D eigenvalue weighted by molar-refractivity contribution is 7.18. The number of rotatable bonds is 5. The molecule has 0 saturated carbocycles. The van der Waals surface area contributed by atoms with Gasteiger partial charge in [0.2, 0.25) is 0 Å². The third kappa shape index (κ3) is 2.76. The van der Waals surface area contributed by atoms with Crippen LogP contribution >= 0.6 is 11.3 Å². The first-order valence-electron chi connectivity index (χ1n) is 6.24. The maximum absolute atomic E-state index is 12.0. The van der Waals surface area contributed by atoms with Crippen molar-refractivity contribution >= 4 is 27.3 Å². The molecule has 1 aromatic heterocycles. The van der Waals surface area contributed by atoms with Gasteiger partial charge in [0.05, 0.1) is 22.7 Å². The molecule has 0 spiro atoms. The van der Waals surface area contributed by atoms with Crippen molar-refractivity contribution in [1.82, 2.24) is 4.98 Å². The molecule has 1 aromatic carbocycles. The van der Waals surface area contributed by atoms with Crippen LogP contribution in [0.4, 0.5) is 0 Å². The van der Waals surface area contributed by atoms with Gasteiger partial charge < -0.3 is 5.73 Å². The van der Waals surface area contributed by atoms with Crippen molar-refractivity contribution in [3.05, 3.63) is 29.3 Å². The van der Waals surface area contributed by atoms with E-state index in [1.807, 2.05) is 31.2 Å². The van der Waals surface area contributed by atoms with Gasteiger partial charge in [0.25, 0.3) is 0 Å². The summed E-state index contributed by atoms with van der Waals surface area (Å²) in [4.78, 5) is 16.5. The monoisotopic (exact) mass is 262 g/mol. The highest BCUT2D eigenvalue weighted by Crippen LogP contribution is 2.22. The van der Waals surface area contributed by atoms with E-state index >= 15 is 0 Å². The molecule has 0 aliphatic heterocycles. The lowest BCUT2D eigenvalue weighted by atomic mass is 9.95. The van der Waals surface area contributed by atoms with E-state index in [0.29, 0.717) is 6.42 Å². The van der Waals surface area contributed by atoms with Crippen LogP contribution in [0.5, 0.6) is 0 Å². The smallest absolute Gasteiger partial charge is 0.156 e. The molecule has 2 N–H and O–H groups in total. The lowest BCUT2D eigenvalue weighted by molar-refractivity contribution is -0.120. The van der Waals surface area contributed by atoms with Crippen LogP contribution in [0.15, 0.2) is 24.3 Å². The van der Waals surface area contributed by atoms with Crippen molar-refractivity contribution in [1.29, 1.82) is 0 Å². The third-order valence-corrected chi connectivity index (χ3v) is 4.33. The first-order chi connectivity index (χ1) is 8.61. The second-order valence-corrected chi connectivity index (χ2v) is 5.74. The molecule has 2 atom stereocenters. The second-order valence-electron chi connectivity index (χ2n) is 4.63. The van der Waals surface area contributed by atoms with Crippen LogP contribution in [0.25, 0.3) is 10.2 Å². The number of carbonyl (C=O) groups is 1. The van der Waals surface area contributed by atoms with E-state index in [4.69, 9.17) is 5.73 Å². The van der Waals surface area contributed by atoms with E-state index in [2.05, 4.69) is 11.9 Å². The van der Waals surface area contributed by atoms with Crippen LogP contribution in [-0.2, 0) is 11.2 Å². The van der Waals surface area contributed by atoms with Crippen LogP contribution in [0.2, 0.25) is 0 Å². The number of ketones is 1. The second kappa shape index (κ2) is 5.59. The van der Waals surface area contributed by atoms with Gasteiger partial charge in [-0.1, -0.05) is 32.4 Å². The SMILES string of the molecule is CCC(C)C(N)C(=O)Cc1nc2ccccc2s1. The number of aromatic nitrogens is 1. The van der Waals surface area contributed by atoms with E-state index < -0.39 is 0 Å². The fourth-order valence-electron chi connectivity index (χ4n) is 1.83. The molecule has 96 valence electrons. The van der Waals surface area contributed by atoms with Gasteiger partial charge in [-0.25, -0.2) is 4.98 Å². The Morgan fingerprint density at radius 3 is 2.83 bits per heavy atom. The van der Waals surface area contributed by atoms with Crippen LogP contribution in [0.3, 0.4) is 0 Å². The summed E-state index contributed by atoms with van der Waals surface area (Å²) in [6.07, 6.45) is 1.28. The van der Waals surface area contributed by atoms with Gasteiger partial charge in [-0.15, -0.1) is 11.3 Å². The number of Topliss-reactive ketones (excluding diaryl/α,β-unsaturated/α-hetero) is 1. The molecule has 0 bridgehead atoms. The molecule has 0 aliphatic rings. The summed E-state index contributed by atoms with van der Waals surface area (Å²) < 4.78 is 1.12. The minimum Gasteiger partial charge on any atom is -0.321 e. The Labute approximate surface area is 111 Å². The first kappa shape index (κ1) is 13.2. The van der Waals surface area contributed by atoms with Gasteiger partial charge in [0.1, 0.15) is 5.01 Å². The minimum atomic E-state index is -0.373. The maximum Gasteiger partial charge on any atom is 0.156 e. The summed E-state index contributed by atoms with van der Waals surface area (Å²) in [5, 5.41) is 0.861. The fraction of sp³-hybridized carbons (Fsp3) is 0.429. The first-order valence-corrected chi connectivity index (χ1v) is 7.06. The number of nitrogens with two attached hydrogens (primary N) is 1. The average molecular weight is 262 g/mol. The van der Waals surface area contributed by atoms with Crippen molar-refractivity contribution in [3.8, 4) is 0 Å². The van der Waals surface area contributed by atoms with Crippen LogP contribution in [0, 0.1) is 5.92 Å². The number of benzene rings is 1. The Balaban J connectivity index is 2.11. The molecule has 1 heterocycles. The predicted octanol–water partition coefficient (Wildman–Crippen LogP) is 2.78. The molecule has 4 heteroatoms. The van der Waals surface area contributed by atoms with Crippen LogP contribution < -0.4 is 5.73 Å². The molecule has 0 radical (unpaired) electrons. The summed E-state index contributed by atoms with van der Waals surface area (Å²) in [6, 6.07) is 7.56. The Morgan fingerprint density at radius 1 is 1.44 bits per heavy atom. The van der Waals surface area contributed by atoms with E-state index in [0.717, 1.165) is 21.6 Å². The molecule has 0 aliphatic carbocycles. The molecule has 0 amide bonds. The molecular weight excluding hydrogens is 244 g/mol. The summed E-state index contributed by atoms with van der Waals surface area (Å²) in [6.45, 7) is 4.07. The molecule has 2 aromatic rings. The zero-order valence-corrected chi connectivity index (χ0v) is 11.5. The normalized spacial score (nSPS) is 14.6. The van der Waals surface area contributed by atoms with Crippen molar-refractivity contribution in [3.63, 3.8) is 0 Å². The van der Waals surface area contributed by atoms with Crippen molar-refractivity contribution in [2.45, 2.75) is 32.7 Å². The van der Waals surface area contributed by atoms with Crippen molar-refractivity contribution in [2.24, 2.45) is 11.7 Å². The predicted molar refractivity (Wildman–Crippen MR) is 75.8 cm³/mol. The minimum absolute atomic E-state index is 0.0865. The molecular formula is C14H18N2OS. The Kier molecular flexibility index (Phi) is 4.09. The number of fused-ring (bicyclic) bond motifs is 1. The standard InChI is InChI=1S/C14H18N2OS/c1-3-9(2)14(15)11(17)8-13-16-10-6-4-5-7-12(10)18-13/h4-7,9,14H,3,8,15H2,1-2H3. The molecule has 2 rings (SSSR count). The van der Waals surface area contributed by atoms with Crippen molar-refractivity contribution in [2.75, 3.05) is 0 Å². The lowest BCUT2D eigenvalue weighted by Gasteiger charge is -2.15. The Hall–Kier alpha value is -1.26. The zero-order chi connectivity index (χ0) is 13.1. The molecule has 2 unspecified atom stereocenters. The van der Waals surface area contributed by atoms with Gasteiger partial charge in [0, 0.05) is 0 Å². The number of para-hydroxylation sites is 1. The molecule has 0 saturated heterocycles. The van der Waals surface area contributed by atoms with E-state index in [1.165, 1.54) is 0 Å². The van der Waals surface area contributed by atoms with Gasteiger partial charge in [-0.05, 0) is 18.1 Å². The summed E-state index contributed by atoms with van der Waals surface area (Å²) in [5.74, 6) is 0.315. The summed E-state index contributed by atoms with van der Waals surface area (Å²) in [7, 11) is 0. The number of thiazole rings is 1. The van der Waals surface area contributed by atoms with Crippen molar-refractivity contribution < 1.29 is 4.79 Å². The van der Waals surface area contributed by atoms with E-state index in [9.17, 15) is 4.79 Å². The Morgan fingerprint density at radius 2 is 2.17 bits per heavy atom. The molecule has 3 nitrogen and oxygen atoms in total. The van der Waals surface area contributed by atoms with E-state index in [1.54, 1.807) is 11.3 Å². The topological polar surface area (TPSA) is 56.0 Å². The third-order valence-electron chi connectivity index (χ3n) is 3.29. The van der Waals surface area contributed by atoms with Crippen LogP contribution in [-0.4, -0.2) is 16.8 Å². The number of hydrogen-bond acceptors (Lipinski definition) is 4. The lowest BCUT2D eigenvalue weighted by Crippen LogP contribution is -2.37. The molecule has 0 fully saturated rings. The van der Waals surface area contributed by atoms with Gasteiger partial charge in [-0.2, -0.15) is 0 Å². The quantitative estimate of drug-likeness (QED) is 0.901. The number of carbonyl (C=O) groups excluding carboxylic acids is 1. The van der Waals surface area contributed by atoms with Gasteiger partial charge in [0.15, 0.2) is 5.78 Å². The van der Waals surface area contributed by atoms with Gasteiger partial charge in [-0.3, -0.25) is 4.79 Å². The van der Waals surface area contributed by atoms with Gasteiger partial charge >= 0.3 is 0 Å². The number of nitrogens with zero attached hydrogens (tertiary/aromatic N) is 1.